The van der Waals surface area contributed by atoms with Gasteiger partial charge >= 0.3 is 6.01 Å². The highest BCUT2D eigenvalue weighted by Crippen LogP contribution is 2.28. The van der Waals surface area contributed by atoms with Crippen molar-refractivity contribution in [3.05, 3.63) is 47.8 Å². The first kappa shape index (κ1) is 15.4. The third kappa shape index (κ3) is 4.53. The molecule has 0 aliphatic carbocycles. The van der Waals surface area contributed by atoms with Crippen molar-refractivity contribution in [3.63, 3.8) is 0 Å². The van der Waals surface area contributed by atoms with Gasteiger partial charge in [0.1, 0.15) is 5.75 Å². The highest BCUT2D eigenvalue weighted by molar-refractivity contribution is 5.37. The van der Waals surface area contributed by atoms with Crippen molar-refractivity contribution in [1.82, 2.24) is 15.3 Å². The van der Waals surface area contributed by atoms with Crippen LogP contribution in [0.15, 0.2) is 36.7 Å². The molecular formula is C17H23N3O. The van der Waals surface area contributed by atoms with Crippen LogP contribution < -0.4 is 10.1 Å². The lowest BCUT2D eigenvalue weighted by atomic mass is 10.0. The molecule has 0 radical (unpaired) electrons. The Bertz CT molecular complexity index is 552. The zero-order valence-electron chi connectivity index (χ0n) is 13.0. The molecule has 0 amide bonds. The third-order valence-electron chi connectivity index (χ3n) is 3.18. The van der Waals surface area contributed by atoms with Crippen LogP contribution in [0.4, 0.5) is 0 Å². The van der Waals surface area contributed by atoms with Crippen molar-refractivity contribution in [1.29, 1.82) is 0 Å². The second-order valence-corrected chi connectivity index (χ2v) is 5.35. The molecular weight excluding hydrogens is 262 g/mol. The van der Waals surface area contributed by atoms with Crippen molar-refractivity contribution >= 4 is 0 Å². The average Bonchev–Trinajstić information content (AvgIpc) is 2.50. The largest absolute Gasteiger partial charge is 0.424 e. The fourth-order valence-corrected chi connectivity index (χ4v) is 2.05. The molecule has 2 rings (SSSR count). The molecule has 0 fully saturated rings. The molecule has 0 bridgehead atoms. The van der Waals surface area contributed by atoms with E-state index in [4.69, 9.17) is 4.74 Å². The van der Waals surface area contributed by atoms with Crippen LogP contribution in [-0.2, 0) is 6.54 Å². The first-order chi connectivity index (χ1) is 10.2. The van der Waals surface area contributed by atoms with Crippen molar-refractivity contribution < 1.29 is 4.74 Å². The number of nitrogens with zero attached hydrogens (tertiary/aromatic N) is 2. The Morgan fingerprint density at radius 3 is 2.52 bits per heavy atom. The number of benzene rings is 1. The molecule has 1 heterocycles. The summed E-state index contributed by atoms with van der Waals surface area (Å²) < 4.78 is 5.81. The lowest BCUT2D eigenvalue weighted by molar-refractivity contribution is 0.433. The van der Waals surface area contributed by atoms with Gasteiger partial charge in [0.25, 0.3) is 0 Å². The Balaban J connectivity index is 2.03. The van der Waals surface area contributed by atoms with Crippen LogP contribution in [0.1, 0.15) is 44.2 Å². The summed E-state index contributed by atoms with van der Waals surface area (Å²) in [7, 11) is 0. The van der Waals surface area contributed by atoms with Crippen LogP contribution in [0.2, 0.25) is 0 Å². The van der Waals surface area contributed by atoms with Crippen molar-refractivity contribution in [2.75, 3.05) is 6.54 Å². The lowest BCUT2D eigenvalue weighted by Crippen LogP contribution is -2.14. The zero-order valence-corrected chi connectivity index (χ0v) is 13.0. The van der Waals surface area contributed by atoms with E-state index in [-0.39, 0.29) is 0 Å². The van der Waals surface area contributed by atoms with Crippen molar-refractivity contribution in [3.8, 4) is 11.8 Å². The number of ether oxygens (including phenoxy) is 1. The first-order valence-corrected chi connectivity index (χ1v) is 7.49. The molecule has 0 aliphatic heterocycles. The van der Waals surface area contributed by atoms with Gasteiger partial charge in [-0.1, -0.05) is 39.0 Å². The fourth-order valence-electron chi connectivity index (χ4n) is 2.05. The van der Waals surface area contributed by atoms with E-state index >= 15 is 0 Å². The number of nitrogens with one attached hydrogen (secondary N) is 1. The van der Waals surface area contributed by atoms with Crippen LogP contribution >= 0.6 is 0 Å². The molecule has 1 aromatic carbocycles. The number of aromatic nitrogens is 2. The van der Waals surface area contributed by atoms with Gasteiger partial charge in [0.15, 0.2) is 0 Å². The highest BCUT2D eigenvalue weighted by atomic mass is 16.5. The van der Waals surface area contributed by atoms with Crippen molar-refractivity contribution in [2.45, 2.75) is 39.7 Å². The van der Waals surface area contributed by atoms with Crippen LogP contribution in [0, 0.1) is 0 Å². The molecule has 0 unspecified atom stereocenters. The molecule has 112 valence electrons. The molecule has 0 saturated heterocycles. The smallest absolute Gasteiger partial charge is 0.321 e. The maximum Gasteiger partial charge on any atom is 0.321 e. The second kappa shape index (κ2) is 7.74. The molecule has 1 N–H and O–H groups in total. The minimum atomic E-state index is 0.391. The Morgan fingerprint density at radius 1 is 1.14 bits per heavy atom. The summed E-state index contributed by atoms with van der Waals surface area (Å²) in [6.07, 6.45) is 4.74. The normalized spacial score (nSPS) is 10.9. The number of hydrogen-bond donors (Lipinski definition) is 1. The Morgan fingerprint density at radius 2 is 1.86 bits per heavy atom. The van der Waals surface area contributed by atoms with E-state index in [2.05, 4.69) is 42.1 Å². The monoisotopic (exact) mass is 285 g/mol. The van der Waals surface area contributed by atoms with Gasteiger partial charge in [-0.3, -0.25) is 0 Å². The van der Waals surface area contributed by atoms with Gasteiger partial charge in [0.05, 0.1) is 0 Å². The van der Waals surface area contributed by atoms with Gasteiger partial charge in [-0.05, 0) is 30.5 Å². The van der Waals surface area contributed by atoms with Crippen LogP contribution in [0.25, 0.3) is 0 Å². The van der Waals surface area contributed by atoms with E-state index in [9.17, 15) is 0 Å². The van der Waals surface area contributed by atoms with Gasteiger partial charge in [-0.25, -0.2) is 9.97 Å². The molecule has 4 heteroatoms. The Hall–Kier alpha value is -1.94. The second-order valence-electron chi connectivity index (χ2n) is 5.35. The summed E-state index contributed by atoms with van der Waals surface area (Å²) in [6.45, 7) is 8.22. The molecule has 0 saturated carbocycles. The molecule has 0 atom stereocenters. The van der Waals surface area contributed by atoms with Gasteiger partial charge in [-0.2, -0.15) is 0 Å². The van der Waals surface area contributed by atoms with Gasteiger partial charge in [0.2, 0.25) is 0 Å². The number of para-hydroxylation sites is 1. The maximum absolute atomic E-state index is 5.81. The molecule has 4 nitrogen and oxygen atoms in total. The van der Waals surface area contributed by atoms with Crippen molar-refractivity contribution in [2.24, 2.45) is 0 Å². The SMILES string of the molecule is CCCNCc1cnc(Oc2ccccc2C(C)C)nc1. The van der Waals surface area contributed by atoms with E-state index in [1.165, 1.54) is 0 Å². The number of hydrogen-bond acceptors (Lipinski definition) is 4. The van der Waals surface area contributed by atoms with E-state index in [0.29, 0.717) is 11.9 Å². The maximum atomic E-state index is 5.81. The van der Waals surface area contributed by atoms with Crippen LogP contribution in [-0.4, -0.2) is 16.5 Å². The minimum Gasteiger partial charge on any atom is -0.424 e. The van der Waals surface area contributed by atoms with Gasteiger partial charge in [0, 0.05) is 24.5 Å². The lowest BCUT2D eigenvalue weighted by Gasteiger charge is -2.12. The Labute approximate surface area is 126 Å². The van der Waals surface area contributed by atoms with Gasteiger partial charge in [-0.15, -0.1) is 0 Å². The summed E-state index contributed by atoms with van der Waals surface area (Å²) in [5, 5.41) is 3.32. The highest BCUT2D eigenvalue weighted by Gasteiger charge is 2.09. The molecule has 2 aromatic rings. The Kier molecular flexibility index (Phi) is 5.69. The topological polar surface area (TPSA) is 47.0 Å². The molecule has 0 aliphatic rings. The zero-order chi connectivity index (χ0) is 15.1. The predicted octanol–water partition coefficient (Wildman–Crippen LogP) is 3.89. The summed E-state index contributed by atoms with van der Waals surface area (Å²) in [5.41, 5.74) is 2.22. The summed E-state index contributed by atoms with van der Waals surface area (Å²) in [5.74, 6) is 1.23. The summed E-state index contributed by atoms with van der Waals surface area (Å²) >= 11 is 0. The van der Waals surface area contributed by atoms with E-state index < -0.39 is 0 Å². The standard InChI is InChI=1S/C17H23N3O/c1-4-9-18-10-14-11-19-17(20-12-14)21-16-8-6-5-7-15(16)13(2)3/h5-8,11-13,18H,4,9-10H2,1-3H3. The first-order valence-electron chi connectivity index (χ1n) is 7.49. The van der Waals surface area contributed by atoms with Crippen LogP contribution in [0.5, 0.6) is 11.8 Å². The molecule has 0 spiro atoms. The van der Waals surface area contributed by atoms with Crippen LogP contribution in [0.3, 0.4) is 0 Å². The fraction of sp³-hybridized carbons (Fsp3) is 0.412. The van der Waals surface area contributed by atoms with E-state index in [1.807, 2.05) is 30.6 Å². The number of rotatable bonds is 7. The average molecular weight is 285 g/mol. The van der Waals surface area contributed by atoms with E-state index in [0.717, 1.165) is 36.4 Å². The van der Waals surface area contributed by atoms with Gasteiger partial charge < -0.3 is 10.1 Å². The quantitative estimate of drug-likeness (QED) is 0.784. The minimum absolute atomic E-state index is 0.391. The third-order valence-corrected chi connectivity index (χ3v) is 3.18. The molecule has 1 aromatic heterocycles. The summed E-state index contributed by atoms with van der Waals surface area (Å²) in [4.78, 5) is 8.56. The summed E-state index contributed by atoms with van der Waals surface area (Å²) in [6, 6.07) is 8.40. The predicted molar refractivity (Wildman–Crippen MR) is 84.6 cm³/mol. The van der Waals surface area contributed by atoms with E-state index in [1.54, 1.807) is 0 Å². The molecule has 21 heavy (non-hydrogen) atoms.